The molecule has 0 aromatic heterocycles. The van der Waals surface area contributed by atoms with E-state index in [1.165, 1.54) is 0 Å². The Morgan fingerprint density at radius 1 is 1.36 bits per heavy atom. The highest BCUT2D eigenvalue weighted by Gasteiger charge is 2.24. The molecule has 4 heteroatoms. The Balaban J connectivity index is 2.63. The standard InChI is InChI=1S/C10H18N2O2/c1-8(13)7-9-5-3-2-4-6-12(9)10(11)14/h9H,2-7H2,1H3,(H2,11,14). The largest absolute Gasteiger partial charge is 0.351 e. The smallest absolute Gasteiger partial charge is 0.315 e. The maximum atomic E-state index is 11.1. The summed E-state index contributed by atoms with van der Waals surface area (Å²) in [5.74, 6) is 0.128. The summed E-state index contributed by atoms with van der Waals surface area (Å²) in [5, 5.41) is 0. The Morgan fingerprint density at radius 3 is 2.64 bits per heavy atom. The molecule has 1 heterocycles. The van der Waals surface area contributed by atoms with Gasteiger partial charge in [-0.3, -0.25) is 4.79 Å². The van der Waals surface area contributed by atoms with Crippen LogP contribution < -0.4 is 5.73 Å². The third-order valence-corrected chi connectivity index (χ3v) is 2.68. The lowest BCUT2D eigenvalue weighted by Gasteiger charge is -2.27. The summed E-state index contributed by atoms with van der Waals surface area (Å²) in [6.45, 7) is 2.26. The normalized spacial score (nSPS) is 22.9. The fourth-order valence-electron chi connectivity index (χ4n) is 2.01. The molecule has 14 heavy (non-hydrogen) atoms. The predicted molar refractivity (Wildman–Crippen MR) is 53.8 cm³/mol. The van der Waals surface area contributed by atoms with Crippen LogP contribution >= 0.6 is 0 Å². The molecule has 0 aromatic carbocycles. The van der Waals surface area contributed by atoms with Crippen LogP contribution in [0.1, 0.15) is 39.0 Å². The third kappa shape index (κ3) is 3.01. The highest BCUT2D eigenvalue weighted by molar-refractivity contribution is 5.78. The van der Waals surface area contributed by atoms with E-state index in [9.17, 15) is 9.59 Å². The summed E-state index contributed by atoms with van der Waals surface area (Å²) in [5.41, 5.74) is 5.28. The first-order valence-corrected chi connectivity index (χ1v) is 5.17. The third-order valence-electron chi connectivity index (χ3n) is 2.68. The second kappa shape index (κ2) is 4.98. The lowest BCUT2D eigenvalue weighted by atomic mass is 10.0. The second-order valence-electron chi connectivity index (χ2n) is 3.94. The van der Waals surface area contributed by atoms with E-state index in [0.29, 0.717) is 13.0 Å². The van der Waals surface area contributed by atoms with Gasteiger partial charge < -0.3 is 10.6 Å². The van der Waals surface area contributed by atoms with Crippen LogP contribution in [0.5, 0.6) is 0 Å². The van der Waals surface area contributed by atoms with Gasteiger partial charge in [0, 0.05) is 19.0 Å². The average molecular weight is 198 g/mol. The first-order valence-electron chi connectivity index (χ1n) is 5.17. The van der Waals surface area contributed by atoms with Crippen molar-refractivity contribution in [3.8, 4) is 0 Å². The van der Waals surface area contributed by atoms with E-state index in [0.717, 1.165) is 25.7 Å². The number of hydrogen-bond donors (Lipinski definition) is 1. The van der Waals surface area contributed by atoms with E-state index in [1.807, 2.05) is 0 Å². The van der Waals surface area contributed by atoms with E-state index >= 15 is 0 Å². The Bertz CT molecular complexity index is 228. The van der Waals surface area contributed by atoms with E-state index in [-0.39, 0.29) is 11.8 Å². The van der Waals surface area contributed by atoms with Gasteiger partial charge in [-0.15, -0.1) is 0 Å². The van der Waals surface area contributed by atoms with Crippen LogP contribution in [0.15, 0.2) is 0 Å². The molecule has 0 aliphatic carbocycles. The monoisotopic (exact) mass is 198 g/mol. The summed E-state index contributed by atoms with van der Waals surface area (Å²) in [6.07, 6.45) is 4.56. The number of amides is 2. The minimum absolute atomic E-state index is 0.0347. The molecule has 1 aliphatic rings. The fraction of sp³-hybridized carbons (Fsp3) is 0.800. The van der Waals surface area contributed by atoms with Gasteiger partial charge in [-0.1, -0.05) is 12.8 Å². The first-order chi connectivity index (χ1) is 6.61. The lowest BCUT2D eigenvalue weighted by Crippen LogP contribution is -2.44. The number of carbonyl (C=O) groups is 2. The SMILES string of the molecule is CC(=O)CC1CCCCCN1C(N)=O. The van der Waals surface area contributed by atoms with Crippen molar-refractivity contribution in [2.24, 2.45) is 5.73 Å². The van der Waals surface area contributed by atoms with E-state index in [4.69, 9.17) is 5.73 Å². The fourth-order valence-corrected chi connectivity index (χ4v) is 2.01. The van der Waals surface area contributed by atoms with Gasteiger partial charge in [0.25, 0.3) is 0 Å². The number of carbonyl (C=O) groups excluding carboxylic acids is 2. The summed E-state index contributed by atoms with van der Waals surface area (Å²) in [6, 6.07) is -0.356. The number of nitrogens with two attached hydrogens (primary N) is 1. The second-order valence-corrected chi connectivity index (χ2v) is 3.94. The van der Waals surface area contributed by atoms with Gasteiger partial charge in [0.15, 0.2) is 0 Å². The zero-order valence-electron chi connectivity index (χ0n) is 8.66. The number of nitrogens with zero attached hydrogens (tertiary/aromatic N) is 1. The van der Waals surface area contributed by atoms with E-state index in [2.05, 4.69) is 0 Å². The maximum Gasteiger partial charge on any atom is 0.315 e. The highest BCUT2D eigenvalue weighted by atomic mass is 16.2. The molecule has 1 rings (SSSR count). The molecule has 1 fully saturated rings. The number of urea groups is 1. The molecule has 2 amide bonds. The van der Waals surface area contributed by atoms with Crippen molar-refractivity contribution in [1.82, 2.24) is 4.90 Å². The zero-order chi connectivity index (χ0) is 10.6. The predicted octanol–water partition coefficient (Wildman–Crippen LogP) is 1.29. The zero-order valence-corrected chi connectivity index (χ0v) is 8.66. The number of primary amides is 1. The summed E-state index contributed by atoms with van der Waals surface area (Å²) in [7, 11) is 0. The number of hydrogen-bond acceptors (Lipinski definition) is 2. The average Bonchev–Trinajstić information content (AvgIpc) is 2.28. The molecule has 0 saturated carbocycles. The van der Waals surface area contributed by atoms with Gasteiger partial charge in [-0.05, 0) is 19.8 Å². The van der Waals surface area contributed by atoms with Gasteiger partial charge in [0.1, 0.15) is 5.78 Å². The summed E-state index contributed by atoms with van der Waals surface area (Å²) in [4.78, 5) is 23.8. The highest BCUT2D eigenvalue weighted by Crippen LogP contribution is 2.19. The number of rotatable bonds is 2. The first kappa shape index (κ1) is 11.0. The maximum absolute atomic E-state index is 11.1. The van der Waals surface area contributed by atoms with Crippen LogP contribution in [0.4, 0.5) is 4.79 Å². The molecule has 1 atom stereocenters. The van der Waals surface area contributed by atoms with Gasteiger partial charge in [0.2, 0.25) is 0 Å². The van der Waals surface area contributed by atoms with Crippen molar-refractivity contribution in [1.29, 1.82) is 0 Å². The molecule has 1 aliphatic heterocycles. The van der Waals surface area contributed by atoms with Gasteiger partial charge in [-0.25, -0.2) is 4.79 Å². The van der Waals surface area contributed by atoms with Crippen molar-refractivity contribution < 1.29 is 9.59 Å². The number of likely N-dealkylation sites (tertiary alicyclic amines) is 1. The molecule has 1 unspecified atom stereocenters. The van der Waals surface area contributed by atoms with Gasteiger partial charge in [0.05, 0.1) is 0 Å². The van der Waals surface area contributed by atoms with Crippen molar-refractivity contribution in [3.05, 3.63) is 0 Å². The van der Waals surface area contributed by atoms with Gasteiger partial charge >= 0.3 is 6.03 Å². The van der Waals surface area contributed by atoms with Crippen LogP contribution in [0.3, 0.4) is 0 Å². The Hall–Kier alpha value is -1.06. The van der Waals surface area contributed by atoms with Crippen LogP contribution in [-0.4, -0.2) is 29.3 Å². The van der Waals surface area contributed by atoms with Crippen molar-refractivity contribution >= 4 is 11.8 Å². The quantitative estimate of drug-likeness (QED) is 0.726. The minimum atomic E-state index is -0.391. The Morgan fingerprint density at radius 2 is 2.07 bits per heavy atom. The topological polar surface area (TPSA) is 63.4 Å². The Kier molecular flexibility index (Phi) is 3.92. The molecular formula is C10H18N2O2. The van der Waals surface area contributed by atoms with Crippen LogP contribution in [0, 0.1) is 0 Å². The molecule has 0 bridgehead atoms. The molecule has 4 nitrogen and oxygen atoms in total. The van der Waals surface area contributed by atoms with Crippen LogP contribution in [0.2, 0.25) is 0 Å². The van der Waals surface area contributed by atoms with Crippen molar-refractivity contribution in [2.75, 3.05) is 6.54 Å². The Labute approximate surface area is 84.4 Å². The summed E-state index contributed by atoms with van der Waals surface area (Å²) >= 11 is 0. The number of ketones is 1. The molecule has 80 valence electrons. The lowest BCUT2D eigenvalue weighted by molar-refractivity contribution is -0.118. The van der Waals surface area contributed by atoms with E-state index in [1.54, 1.807) is 11.8 Å². The summed E-state index contributed by atoms with van der Waals surface area (Å²) < 4.78 is 0. The van der Waals surface area contributed by atoms with Crippen LogP contribution in [0.25, 0.3) is 0 Å². The van der Waals surface area contributed by atoms with Crippen molar-refractivity contribution in [3.63, 3.8) is 0 Å². The van der Waals surface area contributed by atoms with Gasteiger partial charge in [-0.2, -0.15) is 0 Å². The molecular weight excluding hydrogens is 180 g/mol. The molecule has 0 spiro atoms. The molecule has 0 radical (unpaired) electrons. The van der Waals surface area contributed by atoms with Crippen molar-refractivity contribution in [2.45, 2.75) is 45.1 Å². The van der Waals surface area contributed by atoms with E-state index < -0.39 is 6.03 Å². The minimum Gasteiger partial charge on any atom is -0.351 e. The molecule has 0 aromatic rings. The van der Waals surface area contributed by atoms with Crippen LogP contribution in [-0.2, 0) is 4.79 Å². The molecule has 1 saturated heterocycles. The molecule has 2 N–H and O–H groups in total. The number of Topliss-reactive ketones (excluding diaryl/α,β-unsaturated/α-hetero) is 1.